The minimum absolute atomic E-state index is 0.0410. The van der Waals surface area contributed by atoms with E-state index in [-0.39, 0.29) is 5.91 Å². The molecule has 0 aliphatic carbocycles. The molecule has 1 aliphatic rings. The Labute approximate surface area is 143 Å². The zero-order valence-electron chi connectivity index (χ0n) is 13.1. The molecule has 1 aromatic heterocycles. The summed E-state index contributed by atoms with van der Waals surface area (Å²) in [5.41, 5.74) is 6.32. The molecule has 0 atom stereocenters. The number of aromatic nitrogens is 1. The molecule has 3 nitrogen and oxygen atoms in total. The van der Waals surface area contributed by atoms with E-state index < -0.39 is 0 Å². The highest BCUT2D eigenvalue weighted by Crippen LogP contribution is 2.32. The van der Waals surface area contributed by atoms with Gasteiger partial charge in [-0.3, -0.25) is 4.79 Å². The van der Waals surface area contributed by atoms with Crippen molar-refractivity contribution >= 4 is 38.4 Å². The van der Waals surface area contributed by atoms with E-state index in [0.717, 1.165) is 34.0 Å². The van der Waals surface area contributed by atoms with Gasteiger partial charge in [-0.25, -0.2) is 0 Å². The molecule has 1 amide bonds. The van der Waals surface area contributed by atoms with Crippen LogP contribution in [-0.2, 0) is 6.42 Å². The normalized spacial score (nSPS) is 13.6. The third-order valence-corrected chi connectivity index (χ3v) is 5.00. The summed E-state index contributed by atoms with van der Waals surface area (Å²) in [4.78, 5) is 18.1. The third-order valence-electron chi connectivity index (χ3n) is 4.50. The minimum Gasteiger partial charge on any atom is -0.350 e. The van der Waals surface area contributed by atoms with Crippen LogP contribution in [0.5, 0.6) is 0 Å². The standard InChI is InChI=1S/C19H17BrN2O/c1-11-7-12(2)15-10-17(21-16(15)8-11)19(23)22-6-5-13-9-14(20)3-4-18(13)22/h3-4,7-10,21H,5-6H2,1-2H3. The highest BCUT2D eigenvalue weighted by molar-refractivity contribution is 9.10. The van der Waals surface area contributed by atoms with Gasteiger partial charge in [0.05, 0.1) is 0 Å². The molecule has 23 heavy (non-hydrogen) atoms. The molecule has 0 radical (unpaired) electrons. The van der Waals surface area contributed by atoms with E-state index in [4.69, 9.17) is 0 Å². The largest absolute Gasteiger partial charge is 0.350 e. The van der Waals surface area contributed by atoms with Gasteiger partial charge in [-0.05, 0) is 67.3 Å². The van der Waals surface area contributed by atoms with Crippen molar-refractivity contribution in [3.05, 3.63) is 63.3 Å². The Hall–Kier alpha value is -2.07. The molecule has 3 aromatic rings. The first kappa shape index (κ1) is 14.5. The Balaban J connectivity index is 1.75. The molecule has 0 saturated carbocycles. The number of H-pyrrole nitrogens is 1. The molecule has 4 heteroatoms. The van der Waals surface area contributed by atoms with Gasteiger partial charge in [0, 0.05) is 27.6 Å². The Bertz CT molecular complexity index is 942. The van der Waals surface area contributed by atoms with Crippen LogP contribution in [0.2, 0.25) is 0 Å². The molecule has 0 bridgehead atoms. The topological polar surface area (TPSA) is 36.1 Å². The average Bonchev–Trinajstić information content (AvgIpc) is 3.10. The number of hydrogen-bond donors (Lipinski definition) is 1. The highest BCUT2D eigenvalue weighted by atomic mass is 79.9. The number of carbonyl (C=O) groups excluding carboxylic acids is 1. The van der Waals surface area contributed by atoms with Crippen LogP contribution in [0.4, 0.5) is 5.69 Å². The maximum Gasteiger partial charge on any atom is 0.274 e. The number of nitrogens with zero attached hydrogens (tertiary/aromatic N) is 1. The SMILES string of the molecule is Cc1cc(C)c2cc(C(=O)N3CCc4cc(Br)ccc43)[nH]c2c1. The van der Waals surface area contributed by atoms with Gasteiger partial charge in [-0.2, -0.15) is 0 Å². The number of carbonyl (C=O) groups is 1. The Morgan fingerprint density at radius 1 is 1.17 bits per heavy atom. The van der Waals surface area contributed by atoms with Gasteiger partial charge in [0.1, 0.15) is 5.69 Å². The molecule has 0 spiro atoms. The van der Waals surface area contributed by atoms with E-state index >= 15 is 0 Å². The van der Waals surface area contributed by atoms with E-state index in [1.807, 2.05) is 23.1 Å². The van der Waals surface area contributed by atoms with Crippen LogP contribution in [0.25, 0.3) is 10.9 Å². The lowest BCUT2D eigenvalue weighted by Crippen LogP contribution is -2.29. The molecule has 1 aliphatic heterocycles. The van der Waals surface area contributed by atoms with Gasteiger partial charge >= 0.3 is 0 Å². The number of rotatable bonds is 1. The zero-order chi connectivity index (χ0) is 16.1. The van der Waals surface area contributed by atoms with Crippen LogP contribution in [0.15, 0.2) is 40.9 Å². The first-order chi connectivity index (χ1) is 11.0. The second kappa shape index (κ2) is 5.24. The molecule has 0 fully saturated rings. The predicted molar refractivity (Wildman–Crippen MR) is 97.3 cm³/mol. The predicted octanol–water partition coefficient (Wildman–Crippen LogP) is 4.75. The van der Waals surface area contributed by atoms with Crippen molar-refractivity contribution in [1.82, 2.24) is 4.98 Å². The van der Waals surface area contributed by atoms with Gasteiger partial charge < -0.3 is 9.88 Å². The van der Waals surface area contributed by atoms with E-state index in [1.165, 1.54) is 16.7 Å². The number of anilines is 1. The van der Waals surface area contributed by atoms with Crippen LogP contribution in [0, 0.1) is 13.8 Å². The van der Waals surface area contributed by atoms with Crippen LogP contribution in [0.3, 0.4) is 0 Å². The van der Waals surface area contributed by atoms with Gasteiger partial charge in [-0.15, -0.1) is 0 Å². The second-order valence-corrected chi connectivity index (χ2v) is 7.12. The van der Waals surface area contributed by atoms with Crippen molar-refractivity contribution in [1.29, 1.82) is 0 Å². The number of aromatic amines is 1. The second-order valence-electron chi connectivity index (χ2n) is 6.21. The van der Waals surface area contributed by atoms with Gasteiger partial charge in [0.2, 0.25) is 0 Å². The molecule has 2 heterocycles. The summed E-state index contributed by atoms with van der Waals surface area (Å²) in [6, 6.07) is 12.3. The summed E-state index contributed by atoms with van der Waals surface area (Å²) in [6.07, 6.45) is 0.902. The van der Waals surface area contributed by atoms with Crippen molar-refractivity contribution in [2.75, 3.05) is 11.4 Å². The first-order valence-corrected chi connectivity index (χ1v) is 8.52. The summed E-state index contributed by atoms with van der Waals surface area (Å²) < 4.78 is 1.06. The summed E-state index contributed by atoms with van der Waals surface area (Å²) >= 11 is 3.50. The fraction of sp³-hybridized carbons (Fsp3) is 0.211. The summed E-state index contributed by atoms with van der Waals surface area (Å²) in [6.45, 7) is 4.89. The lowest BCUT2D eigenvalue weighted by atomic mass is 10.1. The molecular weight excluding hydrogens is 352 g/mol. The average molecular weight is 369 g/mol. The van der Waals surface area contributed by atoms with Crippen LogP contribution >= 0.6 is 15.9 Å². The van der Waals surface area contributed by atoms with Crippen molar-refractivity contribution in [3.8, 4) is 0 Å². The fourth-order valence-corrected chi connectivity index (χ4v) is 3.85. The van der Waals surface area contributed by atoms with Crippen LogP contribution in [-0.4, -0.2) is 17.4 Å². The zero-order valence-corrected chi connectivity index (χ0v) is 14.7. The number of benzene rings is 2. The maximum atomic E-state index is 12.9. The molecule has 4 rings (SSSR count). The molecule has 0 unspecified atom stereocenters. The Kier molecular flexibility index (Phi) is 3.31. The summed E-state index contributed by atoms with van der Waals surface area (Å²) in [5, 5.41) is 1.12. The lowest BCUT2D eigenvalue weighted by molar-refractivity contribution is 0.0985. The molecule has 1 N–H and O–H groups in total. The third kappa shape index (κ3) is 2.38. The lowest BCUT2D eigenvalue weighted by Gasteiger charge is -2.16. The van der Waals surface area contributed by atoms with E-state index in [2.05, 4.69) is 53.0 Å². The van der Waals surface area contributed by atoms with E-state index in [1.54, 1.807) is 0 Å². The summed E-state index contributed by atoms with van der Waals surface area (Å²) in [7, 11) is 0. The molecule has 2 aromatic carbocycles. The Morgan fingerprint density at radius 3 is 2.83 bits per heavy atom. The number of hydrogen-bond acceptors (Lipinski definition) is 1. The fourth-order valence-electron chi connectivity index (χ4n) is 3.44. The number of aryl methyl sites for hydroxylation is 2. The van der Waals surface area contributed by atoms with Gasteiger partial charge in [-0.1, -0.05) is 22.0 Å². The van der Waals surface area contributed by atoms with Crippen molar-refractivity contribution in [2.24, 2.45) is 0 Å². The molecule has 0 saturated heterocycles. The van der Waals surface area contributed by atoms with Crippen LogP contribution < -0.4 is 4.90 Å². The molecular formula is C19H17BrN2O. The number of fused-ring (bicyclic) bond motifs is 2. The quantitative estimate of drug-likeness (QED) is 0.660. The molecule has 116 valence electrons. The van der Waals surface area contributed by atoms with Crippen molar-refractivity contribution in [2.45, 2.75) is 20.3 Å². The summed E-state index contributed by atoms with van der Waals surface area (Å²) in [5.74, 6) is 0.0410. The highest BCUT2D eigenvalue weighted by Gasteiger charge is 2.26. The van der Waals surface area contributed by atoms with Gasteiger partial charge in [0.25, 0.3) is 5.91 Å². The van der Waals surface area contributed by atoms with E-state index in [9.17, 15) is 4.79 Å². The number of nitrogens with one attached hydrogen (secondary N) is 1. The number of amides is 1. The van der Waals surface area contributed by atoms with Crippen LogP contribution in [0.1, 0.15) is 27.2 Å². The minimum atomic E-state index is 0.0410. The monoisotopic (exact) mass is 368 g/mol. The first-order valence-electron chi connectivity index (χ1n) is 7.73. The Morgan fingerprint density at radius 2 is 2.00 bits per heavy atom. The smallest absolute Gasteiger partial charge is 0.274 e. The maximum absolute atomic E-state index is 12.9. The van der Waals surface area contributed by atoms with Crippen molar-refractivity contribution in [3.63, 3.8) is 0 Å². The van der Waals surface area contributed by atoms with Gasteiger partial charge in [0.15, 0.2) is 0 Å². The van der Waals surface area contributed by atoms with Crippen molar-refractivity contribution < 1.29 is 4.79 Å². The number of halogens is 1. The van der Waals surface area contributed by atoms with E-state index in [0.29, 0.717) is 5.69 Å².